The second-order valence-electron chi connectivity index (χ2n) is 5.35. The first-order chi connectivity index (χ1) is 10.2. The number of aromatic nitrogens is 4. The summed E-state index contributed by atoms with van der Waals surface area (Å²) in [6.07, 6.45) is 7.67. The number of rotatable bonds is 4. The largest absolute Gasteiger partial charge is 0.334 e. The fourth-order valence-electron chi connectivity index (χ4n) is 2.81. The molecule has 0 N–H and O–H groups in total. The Bertz CT molecular complexity index is 610. The van der Waals surface area contributed by atoms with E-state index in [0.29, 0.717) is 13.0 Å². The molecule has 0 aliphatic carbocycles. The molecule has 6 nitrogen and oxygen atoms in total. The van der Waals surface area contributed by atoms with Gasteiger partial charge in [0.05, 0.1) is 17.4 Å². The molecule has 1 aliphatic heterocycles. The molecule has 2 aromatic heterocycles. The third-order valence-corrected chi connectivity index (χ3v) is 3.85. The van der Waals surface area contributed by atoms with E-state index in [-0.39, 0.29) is 11.9 Å². The summed E-state index contributed by atoms with van der Waals surface area (Å²) >= 11 is 0. The summed E-state index contributed by atoms with van der Waals surface area (Å²) in [6.45, 7) is 3.38. The number of nitrogens with zero attached hydrogens (tertiary/aromatic N) is 5. The van der Waals surface area contributed by atoms with Gasteiger partial charge < -0.3 is 4.90 Å². The second-order valence-corrected chi connectivity index (χ2v) is 5.35. The highest BCUT2D eigenvalue weighted by Crippen LogP contribution is 2.30. The van der Waals surface area contributed by atoms with E-state index >= 15 is 0 Å². The van der Waals surface area contributed by atoms with Gasteiger partial charge in [0.15, 0.2) is 0 Å². The van der Waals surface area contributed by atoms with Crippen LogP contribution in [0.2, 0.25) is 0 Å². The van der Waals surface area contributed by atoms with Crippen molar-refractivity contribution in [2.45, 2.75) is 38.8 Å². The Morgan fingerprint density at radius 2 is 2.33 bits per heavy atom. The van der Waals surface area contributed by atoms with Gasteiger partial charge in [-0.05, 0) is 31.9 Å². The predicted octanol–water partition coefficient (Wildman–Crippen LogP) is 1.74. The van der Waals surface area contributed by atoms with Gasteiger partial charge in [0.25, 0.3) is 0 Å². The first kappa shape index (κ1) is 13.7. The van der Waals surface area contributed by atoms with E-state index in [2.05, 4.69) is 15.1 Å². The van der Waals surface area contributed by atoms with Crippen molar-refractivity contribution in [3.63, 3.8) is 0 Å². The summed E-state index contributed by atoms with van der Waals surface area (Å²) in [5.41, 5.74) is 1.91. The highest BCUT2D eigenvalue weighted by atomic mass is 16.2. The lowest BCUT2D eigenvalue weighted by Crippen LogP contribution is -2.31. The van der Waals surface area contributed by atoms with Gasteiger partial charge in [-0.1, -0.05) is 0 Å². The summed E-state index contributed by atoms with van der Waals surface area (Å²) in [4.78, 5) is 22.6. The van der Waals surface area contributed by atoms with Crippen LogP contribution in [0.25, 0.3) is 0 Å². The molecule has 6 heteroatoms. The topological polar surface area (TPSA) is 63.9 Å². The second kappa shape index (κ2) is 6.03. The van der Waals surface area contributed by atoms with Crippen LogP contribution in [0.15, 0.2) is 30.9 Å². The van der Waals surface area contributed by atoms with Gasteiger partial charge in [-0.3, -0.25) is 9.48 Å². The first-order valence-corrected chi connectivity index (χ1v) is 7.29. The maximum absolute atomic E-state index is 12.5. The van der Waals surface area contributed by atoms with Crippen molar-refractivity contribution in [1.82, 2.24) is 24.6 Å². The Morgan fingerprint density at radius 1 is 1.43 bits per heavy atom. The number of carbonyl (C=O) groups excluding carboxylic acids is 1. The van der Waals surface area contributed by atoms with Crippen molar-refractivity contribution in [2.24, 2.45) is 0 Å². The van der Waals surface area contributed by atoms with Crippen LogP contribution in [0.5, 0.6) is 0 Å². The highest BCUT2D eigenvalue weighted by molar-refractivity contribution is 5.76. The molecule has 3 rings (SSSR count). The molecule has 0 unspecified atom stereocenters. The van der Waals surface area contributed by atoms with Crippen LogP contribution in [0.3, 0.4) is 0 Å². The van der Waals surface area contributed by atoms with E-state index in [1.807, 2.05) is 34.8 Å². The molecule has 0 spiro atoms. The average molecular weight is 285 g/mol. The van der Waals surface area contributed by atoms with Crippen LogP contribution in [-0.2, 0) is 11.3 Å². The molecule has 0 saturated carbocycles. The van der Waals surface area contributed by atoms with Gasteiger partial charge >= 0.3 is 0 Å². The summed E-state index contributed by atoms with van der Waals surface area (Å²) in [5.74, 6) is 0.171. The molecule has 110 valence electrons. The zero-order chi connectivity index (χ0) is 14.7. The average Bonchev–Trinajstić information content (AvgIpc) is 3.14. The minimum absolute atomic E-state index is 0.0971. The van der Waals surface area contributed by atoms with E-state index in [0.717, 1.165) is 30.8 Å². The van der Waals surface area contributed by atoms with Gasteiger partial charge in [0, 0.05) is 31.9 Å². The predicted molar refractivity (Wildman–Crippen MR) is 77.3 cm³/mol. The third kappa shape index (κ3) is 3.09. The van der Waals surface area contributed by atoms with Gasteiger partial charge in [-0.15, -0.1) is 0 Å². The Balaban J connectivity index is 1.63. The van der Waals surface area contributed by atoms with E-state index in [1.54, 1.807) is 12.5 Å². The number of hydrogen-bond acceptors (Lipinski definition) is 4. The van der Waals surface area contributed by atoms with E-state index < -0.39 is 0 Å². The Morgan fingerprint density at radius 3 is 3.05 bits per heavy atom. The number of carbonyl (C=O) groups is 1. The van der Waals surface area contributed by atoms with Crippen LogP contribution < -0.4 is 0 Å². The molecule has 2 aromatic rings. The van der Waals surface area contributed by atoms with Gasteiger partial charge in [-0.25, -0.2) is 9.97 Å². The molecular formula is C15H19N5O. The lowest BCUT2D eigenvalue weighted by atomic mass is 10.1. The van der Waals surface area contributed by atoms with E-state index in [4.69, 9.17) is 0 Å². The lowest BCUT2D eigenvalue weighted by molar-refractivity contribution is -0.132. The molecule has 1 aliphatic rings. The molecule has 0 bridgehead atoms. The van der Waals surface area contributed by atoms with Crippen LogP contribution in [0.4, 0.5) is 0 Å². The Kier molecular flexibility index (Phi) is 3.94. The van der Waals surface area contributed by atoms with E-state index in [9.17, 15) is 4.79 Å². The van der Waals surface area contributed by atoms with Crippen LogP contribution in [-0.4, -0.2) is 37.1 Å². The summed E-state index contributed by atoms with van der Waals surface area (Å²) in [7, 11) is 0. The minimum Gasteiger partial charge on any atom is -0.334 e. The lowest BCUT2D eigenvalue weighted by Gasteiger charge is -2.24. The maximum Gasteiger partial charge on any atom is 0.224 e. The third-order valence-electron chi connectivity index (χ3n) is 3.85. The number of likely N-dealkylation sites (tertiary alicyclic amines) is 1. The molecule has 1 saturated heterocycles. The van der Waals surface area contributed by atoms with Crippen LogP contribution >= 0.6 is 0 Å². The SMILES string of the molecule is Cc1ccn(CCC(=O)N2CCC[C@H]2c2ccncn2)n1. The molecule has 0 radical (unpaired) electrons. The quantitative estimate of drug-likeness (QED) is 0.858. The van der Waals surface area contributed by atoms with Crippen LogP contribution in [0.1, 0.15) is 36.7 Å². The zero-order valence-electron chi connectivity index (χ0n) is 12.1. The fourth-order valence-corrected chi connectivity index (χ4v) is 2.81. The molecule has 1 fully saturated rings. The van der Waals surface area contributed by atoms with Crippen molar-refractivity contribution < 1.29 is 4.79 Å². The maximum atomic E-state index is 12.5. The van der Waals surface area contributed by atoms with Crippen molar-refractivity contribution in [3.05, 3.63) is 42.2 Å². The zero-order valence-corrected chi connectivity index (χ0v) is 12.1. The van der Waals surface area contributed by atoms with Gasteiger partial charge in [-0.2, -0.15) is 5.10 Å². The molecular weight excluding hydrogens is 266 g/mol. The van der Waals surface area contributed by atoms with Crippen molar-refractivity contribution >= 4 is 5.91 Å². The van der Waals surface area contributed by atoms with Crippen molar-refractivity contribution in [3.8, 4) is 0 Å². The highest BCUT2D eigenvalue weighted by Gasteiger charge is 2.30. The molecule has 3 heterocycles. The standard InChI is InChI=1S/C15H19N5O/c1-12-5-9-19(18-12)10-6-15(21)20-8-2-3-14(20)13-4-7-16-11-17-13/h4-5,7,9,11,14H,2-3,6,8,10H2,1H3/t14-/m0/s1. The molecule has 1 atom stereocenters. The number of aryl methyl sites for hydroxylation is 2. The molecule has 21 heavy (non-hydrogen) atoms. The normalized spacial score (nSPS) is 18.1. The van der Waals surface area contributed by atoms with Gasteiger partial charge in [0.1, 0.15) is 6.33 Å². The summed E-state index contributed by atoms with van der Waals surface area (Å²) in [6, 6.07) is 3.94. The number of hydrogen-bond donors (Lipinski definition) is 0. The smallest absolute Gasteiger partial charge is 0.224 e. The minimum atomic E-state index is 0.0971. The van der Waals surface area contributed by atoms with Gasteiger partial charge in [0.2, 0.25) is 5.91 Å². The van der Waals surface area contributed by atoms with Crippen molar-refractivity contribution in [1.29, 1.82) is 0 Å². The van der Waals surface area contributed by atoms with E-state index in [1.165, 1.54) is 0 Å². The number of amides is 1. The van der Waals surface area contributed by atoms with Crippen molar-refractivity contribution in [2.75, 3.05) is 6.54 Å². The monoisotopic (exact) mass is 285 g/mol. The first-order valence-electron chi connectivity index (χ1n) is 7.29. The molecule has 0 aromatic carbocycles. The summed E-state index contributed by atoms with van der Waals surface area (Å²) in [5, 5.41) is 4.31. The summed E-state index contributed by atoms with van der Waals surface area (Å²) < 4.78 is 1.82. The molecule has 1 amide bonds. The Labute approximate surface area is 123 Å². The Hall–Kier alpha value is -2.24. The van der Waals surface area contributed by atoms with Crippen LogP contribution in [0, 0.1) is 6.92 Å². The fraction of sp³-hybridized carbons (Fsp3) is 0.467.